The lowest BCUT2D eigenvalue weighted by Gasteiger charge is -2.20. The Morgan fingerprint density at radius 2 is 1.39 bits per heavy atom. The molecule has 0 saturated heterocycles. The molecular weight excluding hydrogens is 488 g/mol. The number of unbranched alkanes of at least 4 members (excludes halogenated alkanes) is 4. The molecule has 0 heterocycles. The molecular formula is C30H48O8. The first-order chi connectivity index (χ1) is 18.0. The highest BCUT2D eigenvalue weighted by Crippen LogP contribution is 2.22. The predicted molar refractivity (Wildman–Crippen MR) is 146 cm³/mol. The van der Waals surface area contributed by atoms with Gasteiger partial charge in [0.1, 0.15) is 6.61 Å². The summed E-state index contributed by atoms with van der Waals surface area (Å²) in [6, 6.07) is 9.72. The molecule has 1 rings (SSSR count). The van der Waals surface area contributed by atoms with E-state index in [1.807, 2.05) is 65.0 Å². The van der Waals surface area contributed by atoms with Gasteiger partial charge in [-0.1, -0.05) is 51.1 Å². The molecule has 1 unspecified atom stereocenters. The van der Waals surface area contributed by atoms with E-state index in [0.29, 0.717) is 39.1 Å². The zero-order valence-electron chi connectivity index (χ0n) is 24.0. The van der Waals surface area contributed by atoms with Gasteiger partial charge in [-0.15, -0.1) is 0 Å². The first-order valence-electron chi connectivity index (χ1n) is 13.8. The molecule has 0 saturated carbocycles. The standard InChI is InChI=1S/C17H30O6.C13H18O2/c1-3-14(2)17(21)23-13-9-5-7-11-16(20)22-12-8-4-6-10-15(18)19;1-4-13(2,3)12(14)15-10-11-8-6-5-7-9-11/h14H,3-13H2,1-2H3,(H,18,19);5-9H,4,10H2,1-3H3. The molecule has 1 N–H and O–H groups in total. The van der Waals surface area contributed by atoms with E-state index in [9.17, 15) is 19.2 Å². The maximum absolute atomic E-state index is 11.6. The maximum Gasteiger partial charge on any atom is 0.311 e. The molecule has 0 aliphatic heterocycles. The number of aliphatic carboxylic acids is 1. The minimum absolute atomic E-state index is 0.0551. The van der Waals surface area contributed by atoms with Crippen molar-refractivity contribution < 1.29 is 38.5 Å². The Morgan fingerprint density at radius 3 is 1.95 bits per heavy atom. The summed E-state index contributed by atoms with van der Waals surface area (Å²) in [5, 5.41) is 8.47. The monoisotopic (exact) mass is 536 g/mol. The van der Waals surface area contributed by atoms with Gasteiger partial charge < -0.3 is 19.3 Å². The Hall–Kier alpha value is -2.90. The van der Waals surface area contributed by atoms with E-state index in [2.05, 4.69) is 0 Å². The molecule has 8 nitrogen and oxygen atoms in total. The molecule has 0 radical (unpaired) electrons. The van der Waals surface area contributed by atoms with Crippen LogP contribution in [0.4, 0.5) is 0 Å². The molecule has 0 aliphatic rings. The second-order valence-electron chi connectivity index (χ2n) is 10.0. The molecule has 0 amide bonds. The van der Waals surface area contributed by atoms with Crippen molar-refractivity contribution in [2.75, 3.05) is 13.2 Å². The van der Waals surface area contributed by atoms with Gasteiger partial charge in [-0.3, -0.25) is 19.2 Å². The molecule has 1 aromatic rings. The van der Waals surface area contributed by atoms with E-state index < -0.39 is 5.97 Å². The van der Waals surface area contributed by atoms with Crippen LogP contribution >= 0.6 is 0 Å². The van der Waals surface area contributed by atoms with Crippen LogP contribution in [-0.4, -0.2) is 42.2 Å². The highest BCUT2D eigenvalue weighted by molar-refractivity contribution is 5.75. The number of hydrogen-bond acceptors (Lipinski definition) is 7. The molecule has 0 aromatic heterocycles. The van der Waals surface area contributed by atoms with Crippen molar-refractivity contribution in [1.29, 1.82) is 0 Å². The van der Waals surface area contributed by atoms with Gasteiger partial charge in [0.2, 0.25) is 0 Å². The molecule has 0 bridgehead atoms. The SMILES string of the molecule is CCC(C)(C)C(=O)OCc1ccccc1.CCC(C)C(=O)OCCCCCC(=O)OCCCCCC(=O)O. The van der Waals surface area contributed by atoms with E-state index in [-0.39, 0.29) is 35.7 Å². The number of esters is 3. The lowest BCUT2D eigenvalue weighted by molar-refractivity contribution is -0.155. The van der Waals surface area contributed by atoms with Crippen LogP contribution in [0, 0.1) is 11.3 Å². The fraction of sp³-hybridized carbons (Fsp3) is 0.667. The van der Waals surface area contributed by atoms with Gasteiger partial charge in [0.05, 0.1) is 24.5 Å². The quantitative estimate of drug-likeness (QED) is 0.129. The summed E-state index contributed by atoms with van der Waals surface area (Å²) >= 11 is 0. The Labute approximate surface area is 228 Å². The van der Waals surface area contributed by atoms with Gasteiger partial charge in [0.15, 0.2) is 0 Å². The fourth-order valence-corrected chi connectivity index (χ4v) is 2.91. The van der Waals surface area contributed by atoms with Crippen LogP contribution in [-0.2, 0) is 40.0 Å². The molecule has 38 heavy (non-hydrogen) atoms. The first-order valence-corrected chi connectivity index (χ1v) is 13.8. The van der Waals surface area contributed by atoms with E-state index in [0.717, 1.165) is 44.1 Å². The van der Waals surface area contributed by atoms with E-state index in [1.54, 1.807) is 0 Å². The van der Waals surface area contributed by atoms with Crippen LogP contribution in [0.3, 0.4) is 0 Å². The number of carboxylic acids is 1. The summed E-state index contributed by atoms with van der Waals surface area (Å²) in [4.78, 5) is 44.8. The van der Waals surface area contributed by atoms with E-state index in [4.69, 9.17) is 19.3 Å². The van der Waals surface area contributed by atoms with Crippen molar-refractivity contribution >= 4 is 23.9 Å². The molecule has 1 atom stereocenters. The third-order valence-corrected chi connectivity index (χ3v) is 6.23. The van der Waals surface area contributed by atoms with Gasteiger partial charge in [-0.25, -0.2) is 0 Å². The van der Waals surface area contributed by atoms with Crippen molar-refractivity contribution in [2.45, 2.75) is 105 Å². The fourth-order valence-electron chi connectivity index (χ4n) is 2.91. The lowest BCUT2D eigenvalue weighted by atomic mass is 9.91. The number of ether oxygens (including phenoxy) is 3. The minimum Gasteiger partial charge on any atom is -0.481 e. The van der Waals surface area contributed by atoms with Crippen LogP contribution in [0.25, 0.3) is 0 Å². The van der Waals surface area contributed by atoms with Crippen molar-refractivity contribution in [1.82, 2.24) is 0 Å². The lowest BCUT2D eigenvalue weighted by Crippen LogP contribution is -2.25. The predicted octanol–water partition coefficient (Wildman–Crippen LogP) is 6.49. The van der Waals surface area contributed by atoms with Gasteiger partial charge in [-0.2, -0.15) is 0 Å². The topological polar surface area (TPSA) is 116 Å². The number of benzene rings is 1. The van der Waals surface area contributed by atoms with Crippen LogP contribution in [0.1, 0.15) is 104 Å². The van der Waals surface area contributed by atoms with Gasteiger partial charge >= 0.3 is 23.9 Å². The average molecular weight is 537 g/mol. The molecule has 8 heteroatoms. The number of hydrogen-bond donors (Lipinski definition) is 1. The molecule has 216 valence electrons. The highest BCUT2D eigenvalue weighted by Gasteiger charge is 2.26. The Bertz CT molecular complexity index is 804. The van der Waals surface area contributed by atoms with Gasteiger partial charge in [0.25, 0.3) is 0 Å². The summed E-state index contributed by atoms with van der Waals surface area (Å²) in [6.07, 6.45) is 6.46. The molecule has 0 aliphatic carbocycles. The second kappa shape index (κ2) is 21.1. The smallest absolute Gasteiger partial charge is 0.311 e. The minimum atomic E-state index is -0.795. The molecule has 0 fully saturated rings. The summed E-state index contributed by atoms with van der Waals surface area (Å²) in [5.41, 5.74) is 0.646. The number of carbonyl (C=O) groups is 4. The third-order valence-electron chi connectivity index (χ3n) is 6.23. The highest BCUT2D eigenvalue weighted by atomic mass is 16.5. The van der Waals surface area contributed by atoms with Crippen molar-refractivity contribution in [3.8, 4) is 0 Å². The zero-order valence-corrected chi connectivity index (χ0v) is 24.0. The summed E-state index contributed by atoms with van der Waals surface area (Å²) in [5.74, 6) is -1.36. The number of carboxylic acid groups (broad SMARTS) is 1. The van der Waals surface area contributed by atoms with Crippen molar-refractivity contribution in [3.63, 3.8) is 0 Å². The number of carbonyl (C=O) groups excluding carboxylic acids is 3. The van der Waals surface area contributed by atoms with Crippen LogP contribution in [0.2, 0.25) is 0 Å². The van der Waals surface area contributed by atoms with Crippen molar-refractivity contribution in [3.05, 3.63) is 35.9 Å². The van der Waals surface area contributed by atoms with Gasteiger partial charge in [-0.05, 0) is 70.8 Å². The van der Waals surface area contributed by atoms with Crippen molar-refractivity contribution in [2.24, 2.45) is 11.3 Å². The zero-order chi connectivity index (χ0) is 28.8. The molecule has 1 aromatic carbocycles. The van der Waals surface area contributed by atoms with Crippen LogP contribution < -0.4 is 0 Å². The summed E-state index contributed by atoms with van der Waals surface area (Å²) < 4.78 is 15.4. The Kier molecular flexibility index (Phi) is 19.5. The van der Waals surface area contributed by atoms with E-state index in [1.165, 1.54) is 0 Å². The second-order valence-corrected chi connectivity index (χ2v) is 10.0. The summed E-state index contributed by atoms with van der Waals surface area (Å²) in [7, 11) is 0. The normalized spacial score (nSPS) is 11.5. The van der Waals surface area contributed by atoms with Crippen LogP contribution in [0.15, 0.2) is 30.3 Å². The number of rotatable bonds is 18. The largest absolute Gasteiger partial charge is 0.481 e. The maximum atomic E-state index is 11.6. The third kappa shape index (κ3) is 18.4. The Morgan fingerprint density at radius 1 is 0.816 bits per heavy atom. The van der Waals surface area contributed by atoms with Crippen LogP contribution in [0.5, 0.6) is 0 Å². The average Bonchev–Trinajstić information content (AvgIpc) is 2.91. The Balaban J connectivity index is 0.000000784. The summed E-state index contributed by atoms with van der Waals surface area (Å²) in [6.45, 7) is 10.7. The first kappa shape index (κ1) is 35.1. The van der Waals surface area contributed by atoms with Gasteiger partial charge in [0, 0.05) is 12.8 Å². The van der Waals surface area contributed by atoms with E-state index >= 15 is 0 Å². The molecule has 0 spiro atoms.